The largest absolute Gasteiger partial charge is 0.349 e. The number of hydrogen-bond acceptors (Lipinski definition) is 4. The standard InChI is InChI=1S/C16H22N4OS/c1-3-8-13(12-9-6-5-7-10-12)17-15(21)11-22-16-18-14(4-2)19-20-16/h5-7,9-10,13H,3-4,8,11H2,1-2H3,(H,17,21)(H,18,19,20)/t13-/m1/s1. The van der Waals surface area contributed by atoms with Crippen molar-refractivity contribution in [3.8, 4) is 0 Å². The highest BCUT2D eigenvalue weighted by Gasteiger charge is 2.14. The van der Waals surface area contributed by atoms with Crippen molar-refractivity contribution in [2.45, 2.75) is 44.3 Å². The molecule has 1 aromatic heterocycles. The zero-order chi connectivity index (χ0) is 15.8. The van der Waals surface area contributed by atoms with E-state index >= 15 is 0 Å². The fraction of sp³-hybridized carbons (Fsp3) is 0.438. The van der Waals surface area contributed by atoms with Crippen LogP contribution in [0.25, 0.3) is 0 Å². The summed E-state index contributed by atoms with van der Waals surface area (Å²) in [5.41, 5.74) is 1.15. The second-order valence-electron chi connectivity index (χ2n) is 5.03. The summed E-state index contributed by atoms with van der Waals surface area (Å²) in [6.07, 6.45) is 2.77. The van der Waals surface area contributed by atoms with Crippen LogP contribution in [0, 0.1) is 0 Å². The summed E-state index contributed by atoms with van der Waals surface area (Å²) in [5, 5.41) is 10.7. The number of aryl methyl sites for hydroxylation is 1. The van der Waals surface area contributed by atoms with Gasteiger partial charge in [-0.25, -0.2) is 4.98 Å². The summed E-state index contributed by atoms with van der Waals surface area (Å²) in [6, 6.07) is 10.2. The predicted molar refractivity (Wildman–Crippen MR) is 88.7 cm³/mol. The van der Waals surface area contributed by atoms with E-state index < -0.39 is 0 Å². The highest BCUT2D eigenvalue weighted by molar-refractivity contribution is 7.99. The molecular formula is C16H22N4OS. The lowest BCUT2D eigenvalue weighted by atomic mass is 10.0. The molecule has 2 N–H and O–H groups in total. The van der Waals surface area contributed by atoms with Crippen molar-refractivity contribution in [3.63, 3.8) is 0 Å². The third-order valence-corrected chi connectivity index (χ3v) is 4.14. The van der Waals surface area contributed by atoms with Gasteiger partial charge in [-0.1, -0.05) is 62.4 Å². The highest BCUT2D eigenvalue weighted by Crippen LogP contribution is 2.19. The fourth-order valence-corrected chi connectivity index (χ4v) is 2.79. The zero-order valence-electron chi connectivity index (χ0n) is 13.0. The average Bonchev–Trinajstić information content (AvgIpc) is 3.01. The number of thioether (sulfide) groups is 1. The smallest absolute Gasteiger partial charge is 0.230 e. The molecule has 0 fully saturated rings. The second-order valence-corrected chi connectivity index (χ2v) is 5.97. The van der Waals surface area contributed by atoms with Gasteiger partial charge < -0.3 is 5.32 Å². The van der Waals surface area contributed by atoms with Gasteiger partial charge in [-0.05, 0) is 12.0 Å². The Labute approximate surface area is 135 Å². The van der Waals surface area contributed by atoms with Crippen molar-refractivity contribution < 1.29 is 4.79 Å². The highest BCUT2D eigenvalue weighted by atomic mass is 32.2. The molecule has 0 aliphatic heterocycles. The first-order valence-electron chi connectivity index (χ1n) is 7.61. The quantitative estimate of drug-likeness (QED) is 0.734. The summed E-state index contributed by atoms with van der Waals surface area (Å²) >= 11 is 1.35. The molecule has 6 heteroatoms. The monoisotopic (exact) mass is 318 g/mol. The number of carbonyl (C=O) groups is 1. The Morgan fingerprint density at radius 2 is 2.09 bits per heavy atom. The Kier molecular flexibility index (Phi) is 6.45. The van der Waals surface area contributed by atoms with E-state index in [1.807, 2.05) is 25.1 Å². The molecule has 1 heterocycles. The molecule has 0 aliphatic carbocycles. The molecule has 5 nitrogen and oxygen atoms in total. The van der Waals surface area contributed by atoms with Crippen molar-refractivity contribution >= 4 is 17.7 Å². The molecule has 2 aromatic rings. The number of nitrogens with zero attached hydrogens (tertiary/aromatic N) is 2. The van der Waals surface area contributed by atoms with Crippen LogP contribution in [0.4, 0.5) is 0 Å². The first-order valence-corrected chi connectivity index (χ1v) is 8.59. The number of hydrogen-bond donors (Lipinski definition) is 2. The lowest BCUT2D eigenvalue weighted by Crippen LogP contribution is -2.29. The molecule has 22 heavy (non-hydrogen) atoms. The van der Waals surface area contributed by atoms with Crippen LogP contribution in [0.15, 0.2) is 35.5 Å². The predicted octanol–water partition coefficient (Wildman–Crippen LogP) is 3.12. The van der Waals surface area contributed by atoms with Gasteiger partial charge in [-0.2, -0.15) is 0 Å². The van der Waals surface area contributed by atoms with Crippen molar-refractivity contribution in [2.24, 2.45) is 0 Å². The number of nitrogens with one attached hydrogen (secondary N) is 2. The molecular weight excluding hydrogens is 296 g/mol. The van der Waals surface area contributed by atoms with Gasteiger partial charge in [0.15, 0.2) is 0 Å². The molecule has 0 saturated heterocycles. The summed E-state index contributed by atoms with van der Waals surface area (Å²) in [5.74, 6) is 1.18. The zero-order valence-corrected chi connectivity index (χ0v) is 13.8. The van der Waals surface area contributed by atoms with Crippen LogP contribution >= 0.6 is 11.8 Å². The number of amides is 1. The second kappa shape index (κ2) is 8.58. The van der Waals surface area contributed by atoms with Gasteiger partial charge in [-0.15, -0.1) is 5.10 Å². The van der Waals surface area contributed by atoms with E-state index in [-0.39, 0.29) is 11.9 Å². The molecule has 1 atom stereocenters. The third kappa shape index (κ3) is 4.87. The van der Waals surface area contributed by atoms with Crippen LogP contribution in [0.5, 0.6) is 0 Å². The van der Waals surface area contributed by atoms with Gasteiger partial charge in [0, 0.05) is 6.42 Å². The Hall–Kier alpha value is -1.82. The molecule has 1 aromatic carbocycles. The van der Waals surface area contributed by atoms with Crippen molar-refractivity contribution in [1.82, 2.24) is 20.5 Å². The normalized spacial score (nSPS) is 12.1. The van der Waals surface area contributed by atoms with E-state index in [9.17, 15) is 4.79 Å². The number of benzene rings is 1. The van der Waals surface area contributed by atoms with Crippen molar-refractivity contribution in [1.29, 1.82) is 0 Å². The third-order valence-electron chi connectivity index (χ3n) is 3.29. The van der Waals surface area contributed by atoms with E-state index in [2.05, 4.69) is 39.6 Å². The van der Waals surface area contributed by atoms with Crippen LogP contribution in [-0.2, 0) is 11.2 Å². The molecule has 2 rings (SSSR count). The summed E-state index contributed by atoms with van der Waals surface area (Å²) in [6.45, 7) is 4.13. The Morgan fingerprint density at radius 1 is 1.32 bits per heavy atom. The molecule has 0 unspecified atom stereocenters. The lowest BCUT2D eigenvalue weighted by Gasteiger charge is -2.18. The number of rotatable bonds is 8. The molecule has 0 bridgehead atoms. The maximum Gasteiger partial charge on any atom is 0.230 e. The maximum absolute atomic E-state index is 12.2. The Morgan fingerprint density at radius 3 is 2.73 bits per heavy atom. The van der Waals surface area contributed by atoms with Crippen LogP contribution in [-0.4, -0.2) is 26.8 Å². The van der Waals surface area contributed by atoms with Crippen LogP contribution in [0.1, 0.15) is 44.1 Å². The molecule has 118 valence electrons. The first kappa shape index (κ1) is 16.5. The molecule has 0 saturated carbocycles. The van der Waals surface area contributed by atoms with Crippen molar-refractivity contribution in [3.05, 3.63) is 41.7 Å². The molecule has 1 amide bonds. The van der Waals surface area contributed by atoms with E-state index in [4.69, 9.17) is 0 Å². The Balaban J connectivity index is 1.88. The van der Waals surface area contributed by atoms with Gasteiger partial charge in [0.1, 0.15) is 5.82 Å². The van der Waals surface area contributed by atoms with E-state index in [0.717, 1.165) is 30.7 Å². The number of H-pyrrole nitrogens is 1. The van der Waals surface area contributed by atoms with Gasteiger partial charge in [0.05, 0.1) is 11.8 Å². The summed E-state index contributed by atoms with van der Waals surface area (Å²) in [4.78, 5) is 16.4. The molecule has 0 aliphatic rings. The van der Waals surface area contributed by atoms with Crippen molar-refractivity contribution in [2.75, 3.05) is 5.75 Å². The number of aromatic nitrogens is 3. The number of aromatic amines is 1. The van der Waals surface area contributed by atoms with Gasteiger partial charge >= 0.3 is 0 Å². The summed E-state index contributed by atoms with van der Waals surface area (Å²) < 4.78 is 0. The average molecular weight is 318 g/mol. The van der Waals surface area contributed by atoms with Gasteiger partial charge in [0.25, 0.3) is 0 Å². The van der Waals surface area contributed by atoms with E-state index in [1.165, 1.54) is 11.8 Å². The summed E-state index contributed by atoms with van der Waals surface area (Å²) in [7, 11) is 0. The minimum absolute atomic E-state index is 0.00940. The topological polar surface area (TPSA) is 70.7 Å². The maximum atomic E-state index is 12.2. The van der Waals surface area contributed by atoms with Crippen LogP contribution in [0.3, 0.4) is 0 Å². The minimum atomic E-state index is 0.00940. The fourth-order valence-electron chi connectivity index (χ4n) is 2.16. The van der Waals surface area contributed by atoms with Gasteiger partial charge in [0.2, 0.25) is 11.1 Å². The number of carbonyl (C=O) groups excluding carboxylic acids is 1. The van der Waals surface area contributed by atoms with E-state index in [1.54, 1.807) is 0 Å². The van der Waals surface area contributed by atoms with Crippen LogP contribution in [0.2, 0.25) is 0 Å². The minimum Gasteiger partial charge on any atom is -0.349 e. The van der Waals surface area contributed by atoms with Crippen LogP contribution < -0.4 is 5.32 Å². The lowest BCUT2D eigenvalue weighted by molar-refractivity contribution is -0.119. The first-order chi connectivity index (χ1) is 10.7. The van der Waals surface area contributed by atoms with E-state index in [0.29, 0.717) is 10.9 Å². The molecule has 0 spiro atoms. The Bertz CT molecular complexity index is 585. The van der Waals surface area contributed by atoms with Gasteiger partial charge in [-0.3, -0.25) is 9.89 Å². The molecule has 0 radical (unpaired) electrons. The SMILES string of the molecule is CCC[C@@H](NC(=O)CSc1n[nH]c(CC)n1)c1ccccc1.